The van der Waals surface area contributed by atoms with Crippen molar-refractivity contribution in [3.8, 4) is 0 Å². The third kappa shape index (κ3) is 6.33. The average Bonchev–Trinajstić information content (AvgIpc) is 2.81. The molecule has 1 unspecified atom stereocenters. The molecule has 7 nitrogen and oxygen atoms in total. The summed E-state index contributed by atoms with van der Waals surface area (Å²) in [7, 11) is -4.40. The monoisotopic (exact) mass is 533 g/mol. The molecule has 0 aromatic heterocycles. The van der Waals surface area contributed by atoms with E-state index in [0.717, 1.165) is 12.1 Å². The third-order valence-electron chi connectivity index (χ3n) is 5.55. The number of carbonyl (C=O) groups is 2. The number of hydrogen-bond acceptors (Lipinski definition) is 6. The third-order valence-corrected chi connectivity index (χ3v) is 8.08. The molecule has 1 heterocycles. The quantitative estimate of drug-likeness (QED) is 0.395. The number of esters is 1. The minimum atomic E-state index is -4.40. The maximum absolute atomic E-state index is 13.5. The highest BCUT2D eigenvalue weighted by Crippen LogP contribution is 2.32. The maximum Gasteiger partial charge on any atom is 0.324 e. The van der Waals surface area contributed by atoms with E-state index in [-0.39, 0.29) is 35.2 Å². The number of anilines is 1. The number of ether oxygens (including phenoxy) is 2. The van der Waals surface area contributed by atoms with Crippen LogP contribution in [0.1, 0.15) is 36.5 Å². The zero-order valence-electron chi connectivity index (χ0n) is 18.7. The summed E-state index contributed by atoms with van der Waals surface area (Å²) in [6, 6.07) is 4.49. The second-order valence-electron chi connectivity index (χ2n) is 7.93. The summed E-state index contributed by atoms with van der Waals surface area (Å²) in [5.41, 5.74) is -0.596. The first kappa shape index (κ1) is 27.0. The van der Waals surface area contributed by atoms with Crippen molar-refractivity contribution in [2.24, 2.45) is 5.92 Å². The van der Waals surface area contributed by atoms with Gasteiger partial charge in [-0.25, -0.2) is 21.6 Å². The summed E-state index contributed by atoms with van der Waals surface area (Å²) in [5, 5.41) is 0.399. The number of nitrogens with one attached hydrogen (secondary N) is 1. The van der Waals surface area contributed by atoms with Crippen LogP contribution in [0.15, 0.2) is 35.2 Å². The van der Waals surface area contributed by atoms with Crippen molar-refractivity contribution >= 4 is 39.0 Å². The number of hydrogen-bond donors (Lipinski definition) is 1. The first-order valence-electron chi connectivity index (χ1n) is 10.8. The number of benzene rings is 2. The molecular weight excluding hydrogens is 511 g/mol. The summed E-state index contributed by atoms with van der Waals surface area (Å²) in [6.45, 7) is 2.41. The Morgan fingerprint density at radius 3 is 2.37 bits per heavy atom. The molecular formula is C23H23ClF3NO6S. The van der Waals surface area contributed by atoms with Crippen molar-refractivity contribution in [1.29, 1.82) is 0 Å². The molecule has 2 aromatic carbocycles. The number of sulfone groups is 1. The van der Waals surface area contributed by atoms with Gasteiger partial charge in [0.1, 0.15) is 0 Å². The van der Waals surface area contributed by atoms with Gasteiger partial charge in [0.2, 0.25) is 0 Å². The minimum Gasteiger partial charge on any atom is -0.465 e. The Balaban J connectivity index is 1.93. The van der Waals surface area contributed by atoms with Crippen molar-refractivity contribution < 1.29 is 40.7 Å². The molecule has 1 N–H and O–H groups in total. The summed E-state index contributed by atoms with van der Waals surface area (Å²) < 4.78 is 77.4. The lowest BCUT2D eigenvalue weighted by Crippen LogP contribution is -2.35. The van der Waals surface area contributed by atoms with E-state index in [1.807, 2.05) is 0 Å². The fourth-order valence-corrected chi connectivity index (χ4v) is 5.94. The van der Waals surface area contributed by atoms with E-state index in [4.69, 9.17) is 21.1 Å². The zero-order chi connectivity index (χ0) is 25.8. The molecule has 1 aliphatic rings. The lowest BCUT2D eigenvalue weighted by Gasteiger charge is -2.26. The largest absolute Gasteiger partial charge is 0.465 e. The van der Waals surface area contributed by atoms with Crippen molar-refractivity contribution in [2.75, 3.05) is 25.1 Å². The second kappa shape index (κ2) is 11.4. The SMILES string of the molecule is CCOC(=O)C(CC1CCOCC1)S(=O)(=O)c1cc(C(=O)Nc2cc(F)c(F)c(F)c2)ccc1Cl. The van der Waals surface area contributed by atoms with Crippen molar-refractivity contribution in [3.63, 3.8) is 0 Å². The van der Waals surface area contributed by atoms with Gasteiger partial charge in [0.25, 0.3) is 5.91 Å². The van der Waals surface area contributed by atoms with E-state index in [9.17, 15) is 31.2 Å². The molecule has 1 amide bonds. The lowest BCUT2D eigenvalue weighted by atomic mass is 9.95. The Labute approximate surface area is 205 Å². The maximum atomic E-state index is 13.5. The molecule has 35 heavy (non-hydrogen) atoms. The van der Waals surface area contributed by atoms with Gasteiger partial charge < -0.3 is 14.8 Å². The van der Waals surface area contributed by atoms with Crippen LogP contribution in [-0.2, 0) is 24.1 Å². The number of amides is 1. The van der Waals surface area contributed by atoms with E-state index in [1.165, 1.54) is 6.07 Å². The predicted octanol–water partition coefficient (Wildman–Crippen LogP) is 4.53. The van der Waals surface area contributed by atoms with Gasteiger partial charge in [-0.1, -0.05) is 11.6 Å². The van der Waals surface area contributed by atoms with Crippen LogP contribution >= 0.6 is 11.6 Å². The van der Waals surface area contributed by atoms with Crippen molar-refractivity contribution in [1.82, 2.24) is 0 Å². The molecule has 12 heteroatoms. The molecule has 0 aliphatic carbocycles. The van der Waals surface area contributed by atoms with Crippen LogP contribution in [0.3, 0.4) is 0 Å². The molecule has 1 saturated heterocycles. The van der Waals surface area contributed by atoms with E-state index in [0.29, 0.717) is 38.2 Å². The van der Waals surface area contributed by atoms with Gasteiger partial charge in [-0.3, -0.25) is 9.59 Å². The number of halogens is 4. The number of rotatable bonds is 8. The fraction of sp³-hybridized carbons (Fsp3) is 0.391. The van der Waals surface area contributed by atoms with Gasteiger partial charge in [0.15, 0.2) is 32.5 Å². The summed E-state index contributed by atoms with van der Waals surface area (Å²) in [4.78, 5) is 24.8. The Morgan fingerprint density at radius 1 is 1.14 bits per heavy atom. The van der Waals surface area contributed by atoms with Gasteiger partial charge in [-0.2, -0.15) is 0 Å². The predicted molar refractivity (Wildman–Crippen MR) is 121 cm³/mol. The molecule has 1 fully saturated rings. The molecule has 3 rings (SSSR count). The van der Waals surface area contributed by atoms with Crippen LogP contribution in [0, 0.1) is 23.4 Å². The second-order valence-corrected chi connectivity index (χ2v) is 10.4. The standard InChI is InChI=1S/C23H23ClF3NO6S/c1-2-34-23(30)20(9-13-5-7-33-8-6-13)35(31,32)19-10-14(3-4-16(19)24)22(29)28-15-11-17(25)21(27)18(26)12-15/h3-4,10-13,20H,2,5-9H2,1H3,(H,28,29). The summed E-state index contributed by atoms with van der Waals surface area (Å²) >= 11 is 6.15. The first-order chi connectivity index (χ1) is 16.5. The molecule has 0 spiro atoms. The Kier molecular flexibility index (Phi) is 8.79. The van der Waals surface area contributed by atoms with E-state index < -0.39 is 49.3 Å². The molecule has 0 bridgehead atoms. The summed E-state index contributed by atoms with van der Waals surface area (Å²) in [6.07, 6.45) is 1.14. The topological polar surface area (TPSA) is 98.8 Å². The Morgan fingerprint density at radius 2 is 1.77 bits per heavy atom. The van der Waals surface area contributed by atoms with Crippen molar-refractivity contribution in [2.45, 2.75) is 36.3 Å². The highest BCUT2D eigenvalue weighted by atomic mass is 35.5. The molecule has 1 atom stereocenters. The average molecular weight is 534 g/mol. The van der Waals surface area contributed by atoms with Crippen LogP contribution in [0.25, 0.3) is 0 Å². The van der Waals surface area contributed by atoms with Crippen LogP contribution in [0.2, 0.25) is 5.02 Å². The molecule has 2 aromatic rings. The Hall–Kier alpha value is -2.63. The minimum absolute atomic E-state index is 0.00852. The summed E-state index contributed by atoms with van der Waals surface area (Å²) in [5.74, 6) is -6.67. The van der Waals surface area contributed by atoms with Gasteiger partial charge in [-0.15, -0.1) is 0 Å². The molecule has 0 saturated carbocycles. The highest BCUT2D eigenvalue weighted by molar-refractivity contribution is 7.93. The van der Waals surface area contributed by atoms with Gasteiger partial charge in [0.05, 0.1) is 16.5 Å². The Bertz CT molecular complexity index is 1190. The molecule has 0 radical (unpaired) electrons. The van der Waals surface area contributed by atoms with E-state index in [2.05, 4.69) is 5.32 Å². The molecule has 190 valence electrons. The zero-order valence-corrected chi connectivity index (χ0v) is 20.2. The first-order valence-corrected chi connectivity index (χ1v) is 12.7. The smallest absolute Gasteiger partial charge is 0.324 e. The van der Waals surface area contributed by atoms with E-state index in [1.54, 1.807) is 6.92 Å². The van der Waals surface area contributed by atoms with Crippen LogP contribution in [0.5, 0.6) is 0 Å². The highest BCUT2D eigenvalue weighted by Gasteiger charge is 2.39. The van der Waals surface area contributed by atoms with Crippen LogP contribution in [-0.4, -0.2) is 45.4 Å². The van der Waals surface area contributed by atoms with Gasteiger partial charge in [0, 0.05) is 36.6 Å². The van der Waals surface area contributed by atoms with Crippen molar-refractivity contribution in [3.05, 3.63) is 58.4 Å². The molecule has 1 aliphatic heterocycles. The normalized spacial score (nSPS) is 15.5. The van der Waals surface area contributed by atoms with Gasteiger partial charge in [-0.05, 0) is 50.3 Å². The lowest BCUT2D eigenvalue weighted by molar-refractivity contribution is -0.143. The van der Waals surface area contributed by atoms with Gasteiger partial charge >= 0.3 is 5.97 Å². The van der Waals surface area contributed by atoms with E-state index >= 15 is 0 Å². The van der Waals surface area contributed by atoms with Crippen LogP contribution in [0.4, 0.5) is 18.9 Å². The number of carbonyl (C=O) groups excluding carboxylic acids is 2. The van der Waals surface area contributed by atoms with Crippen LogP contribution < -0.4 is 5.32 Å². The fourth-order valence-electron chi connectivity index (χ4n) is 3.72.